The van der Waals surface area contributed by atoms with Crippen molar-refractivity contribution in [3.63, 3.8) is 0 Å². The van der Waals surface area contributed by atoms with Crippen molar-refractivity contribution in [2.24, 2.45) is 5.41 Å². The summed E-state index contributed by atoms with van der Waals surface area (Å²) < 4.78 is 5.53. The molecule has 0 aromatic heterocycles. The van der Waals surface area contributed by atoms with Gasteiger partial charge in [-0.05, 0) is 24.8 Å². The second-order valence-corrected chi connectivity index (χ2v) is 6.45. The van der Waals surface area contributed by atoms with Gasteiger partial charge in [-0.3, -0.25) is 0 Å². The second-order valence-electron chi connectivity index (χ2n) is 6.45. The third-order valence-corrected chi connectivity index (χ3v) is 3.58. The number of ether oxygens (including phenoxy) is 1. The van der Waals surface area contributed by atoms with Crippen molar-refractivity contribution < 1.29 is 14.6 Å². The van der Waals surface area contributed by atoms with Crippen LogP contribution in [0.2, 0.25) is 0 Å². The lowest BCUT2D eigenvalue weighted by molar-refractivity contribution is 0.128. The van der Waals surface area contributed by atoms with Gasteiger partial charge in [0, 0.05) is 12.1 Å². The fourth-order valence-electron chi connectivity index (χ4n) is 2.68. The van der Waals surface area contributed by atoms with E-state index in [9.17, 15) is 9.90 Å². The summed E-state index contributed by atoms with van der Waals surface area (Å²) in [5.41, 5.74) is 0.867. The lowest BCUT2D eigenvalue weighted by Crippen LogP contribution is -2.43. The lowest BCUT2D eigenvalue weighted by atomic mass is 9.87. The van der Waals surface area contributed by atoms with Crippen molar-refractivity contribution >= 4 is 6.03 Å². The Morgan fingerprint density at radius 2 is 2.19 bits per heavy atom. The van der Waals surface area contributed by atoms with Crippen LogP contribution in [0.5, 0.6) is 5.75 Å². The number of benzene rings is 1. The number of rotatable bonds is 5. The molecule has 21 heavy (non-hydrogen) atoms. The van der Waals surface area contributed by atoms with Crippen molar-refractivity contribution in [2.45, 2.75) is 39.3 Å². The molecule has 5 nitrogen and oxygen atoms in total. The molecule has 2 unspecified atom stereocenters. The van der Waals surface area contributed by atoms with Crippen LogP contribution in [0.3, 0.4) is 0 Å². The largest absolute Gasteiger partial charge is 0.491 e. The fourth-order valence-corrected chi connectivity index (χ4v) is 2.68. The molecule has 1 aliphatic heterocycles. The van der Waals surface area contributed by atoms with Gasteiger partial charge in [0.1, 0.15) is 12.4 Å². The topological polar surface area (TPSA) is 70.6 Å². The number of carbonyl (C=O) groups is 1. The number of para-hydroxylation sites is 1. The van der Waals surface area contributed by atoms with E-state index in [4.69, 9.17) is 4.74 Å². The molecule has 0 fully saturated rings. The minimum absolute atomic E-state index is 0.110. The minimum atomic E-state index is -0.375. The normalized spacial score (nSPS) is 18.6. The molecule has 2 atom stereocenters. The van der Waals surface area contributed by atoms with E-state index >= 15 is 0 Å². The zero-order valence-electron chi connectivity index (χ0n) is 12.8. The van der Waals surface area contributed by atoms with Crippen molar-refractivity contribution in [2.75, 3.05) is 13.2 Å². The van der Waals surface area contributed by atoms with E-state index in [2.05, 4.69) is 10.6 Å². The monoisotopic (exact) mass is 292 g/mol. The van der Waals surface area contributed by atoms with Crippen LogP contribution in [0.4, 0.5) is 4.79 Å². The van der Waals surface area contributed by atoms with Gasteiger partial charge in [-0.1, -0.05) is 32.0 Å². The number of fused-ring (bicyclic) bond motifs is 1. The summed E-state index contributed by atoms with van der Waals surface area (Å²) in [6, 6.07) is 7.40. The number of urea groups is 1. The summed E-state index contributed by atoms with van der Waals surface area (Å²) in [6.45, 7) is 6.78. The highest BCUT2D eigenvalue weighted by atomic mass is 16.5. The number of hydrogen-bond acceptors (Lipinski definition) is 3. The molecular formula is C16H24N2O3. The predicted molar refractivity (Wildman–Crippen MR) is 81.3 cm³/mol. The van der Waals surface area contributed by atoms with Gasteiger partial charge in [0.25, 0.3) is 0 Å². The van der Waals surface area contributed by atoms with Gasteiger partial charge in [0.2, 0.25) is 0 Å². The molecule has 0 aliphatic carbocycles. The van der Waals surface area contributed by atoms with Crippen LogP contribution in [-0.4, -0.2) is 30.4 Å². The van der Waals surface area contributed by atoms with Crippen LogP contribution in [0.1, 0.15) is 38.8 Å². The Morgan fingerprint density at radius 3 is 2.90 bits per heavy atom. The summed E-state index contributed by atoms with van der Waals surface area (Å²) in [4.78, 5) is 12.0. The Morgan fingerprint density at radius 1 is 1.48 bits per heavy atom. The first-order valence-electron chi connectivity index (χ1n) is 7.31. The Labute approximate surface area is 125 Å². The summed E-state index contributed by atoms with van der Waals surface area (Å²) in [6.07, 6.45) is 0.266. The zero-order valence-corrected chi connectivity index (χ0v) is 12.8. The molecule has 0 saturated carbocycles. The van der Waals surface area contributed by atoms with Crippen LogP contribution < -0.4 is 15.4 Å². The Bertz CT molecular complexity index is 500. The minimum Gasteiger partial charge on any atom is -0.491 e. The first kappa shape index (κ1) is 15.6. The molecule has 2 rings (SSSR count). The van der Waals surface area contributed by atoms with Gasteiger partial charge in [-0.15, -0.1) is 0 Å². The van der Waals surface area contributed by atoms with E-state index < -0.39 is 0 Å². The number of carbonyl (C=O) groups excluding carboxylic acids is 1. The molecule has 0 spiro atoms. The molecule has 0 radical (unpaired) electrons. The average molecular weight is 292 g/mol. The molecule has 2 amide bonds. The molecule has 0 saturated heterocycles. The van der Waals surface area contributed by atoms with Crippen molar-refractivity contribution in [1.82, 2.24) is 10.6 Å². The molecule has 1 heterocycles. The van der Waals surface area contributed by atoms with Crippen LogP contribution in [0, 0.1) is 5.41 Å². The molecule has 3 N–H and O–H groups in total. The first-order chi connectivity index (χ1) is 9.87. The molecular weight excluding hydrogens is 268 g/mol. The molecule has 1 aliphatic rings. The summed E-state index contributed by atoms with van der Waals surface area (Å²) >= 11 is 0. The van der Waals surface area contributed by atoms with E-state index in [-0.39, 0.29) is 23.6 Å². The first-order valence-corrected chi connectivity index (χ1v) is 7.31. The SMILES string of the molecule is CC(O)CC(C)(C)CNC(=O)NC1COc2ccccc21. The van der Waals surface area contributed by atoms with Gasteiger partial charge in [-0.25, -0.2) is 4.79 Å². The quantitative estimate of drug-likeness (QED) is 0.779. The van der Waals surface area contributed by atoms with E-state index in [0.717, 1.165) is 11.3 Å². The third kappa shape index (κ3) is 4.36. The molecule has 1 aromatic rings. The molecule has 1 aromatic carbocycles. The predicted octanol–water partition coefficient (Wildman–Crippen LogP) is 2.22. The molecule has 0 bridgehead atoms. The summed E-state index contributed by atoms with van der Waals surface area (Å²) in [5, 5.41) is 15.2. The highest BCUT2D eigenvalue weighted by molar-refractivity contribution is 5.74. The number of nitrogens with one attached hydrogen (secondary N) is 2. The second kappa shape index (κ2) is 6.35. The Hall–Kier alpha value is -1.75. The van der Waals surface area contributed by atoms with Crippen molar-refractivity contribution in [3.8, 4) is 5.75 Å². The Kier molecular flexibility index (Phi) is 4.73. The van der Waals surface area contributed by atoms with Crippen LogP contribution in [0.25, 0.3) is 0 Å². The van der Waals surface area contributed by atoms with Crippen molar-refractivity contribution in [1.29, 1.82) is 0 Å². The smallest absolute Gasteiger partial charge is 0.315 e. The average Bonchev–Trinajstić information content (AvgIpc) is 2.79. The van der Waals surface area contributed by atoms with Gasteiger partial charge < -0.3 is 20.5 Å². The number of amides is 2. The third-order valence-electron chi connectivity index (χ3n) is 3.58. The van der Waals surface area contributed by atoms with E-state index in [1.807, 2.05) is 38.1 Å². The van der Waals surface area contributed by atoms with Gasteiger partial charge in [0.05, 0.1) is 12.1 Å². The van der Waals surface area contributed by atoms with E-state index in [0.29, 0.717) is 19.6 Å². The fraction of sp³-hybridized carbons (Fsp3) is 0.562. The molecule has 5 heteroatoms. The zero-order chi connectivity index (χ0) is 15.5. The van der Waals surface area contributed by atoms with Gasteiger partial charge in [0.15, 0.2) is 0 Å². The number of aliphatic hydroxyl groups excluding tert-OH is 1. The maximum atomic E-state index is 12.0. The standard InChI is InChI=1S/C16H24N2O3/c1-11(19)8-16(2,3)10-17-15(20)18-13-9-21-14-7-5-4-6-12(13)14/h4-7,11,13,19H,8-10H2,1-3H3,(H2,17,18,20). The number of hydrogen-bond donors (Lipinski definition) is 3. The van der Waals surface area contributed by atoms with Crippen LogP contribution in [-0.2, 0) is 0 Å². The van der Waals surface area contributed by atoms with Gasteiger partial charge >= 0.3 is 6.03 Å². The maximum absolute atomic E-state index is 12.0. The van der Waals surface area contributed by atoms with E-state index in [1.54, 1.807) is 6.92 Å². The highest BCUT2D eigenvalue weighted by Gasteiger charge is 2.26. The van der Waals surface area contributed by atoms with Crippen LogP contribution >= 0.6 is 0 Å². The van der Waals surface area contributed by atoms with Crippen molar-refractivity contribution in [3.05, 3.63) is 29.8 Å². The lowest BCUT2D eigenvalue weighted by Gasteiger charge is -2.26. The maximum Gasteiger partial charge on any atom is 0.315 e. The van der Waals surface area contributed by atoms with Gasteiger partial charge in [-0.2, -0.15) is 0 Å². The van der Waals surface area contributed by atoms with E-state index in [1.165, 1.54) is 0 Å². The molecule has 116 valence electrons. The summed E-state index contributed by atoms with van der Waals surface area (Å²) in [7, 11) is 0. The summed E-state index contributed by atoms with van der Waals surface area (Å²) in [5.74, 6) is 0.831. The number of aliphatic hydroxyl groups is 1. The highest BCUT2D eigenvalue weighted by Crippen LogP contribution is 2.31. The van der Waals surface area contributed by atoms with Crippen LogP contribution in [0.15, 0.2) is 24.3 Å². The Balaban J connectivity index is 1.84.